The molecule has 112 valence electrons. The number of primary sulfonamides is 1. The first-order valence-corrected chi connectivity index (χ1v) is 8.98. The maximum atomic E-state index is 12.1. The molecule has 21 heavy (non-hydrogen) atoms. The number of hydrogen-bond acceptors (Lipinski definition) is 4. The van der Waals surface area contributed by atoms with E-state index in [1.807, 2.05) is 18.2 Å². The summed E-state index contributed by atoms with van der Waals surface area (Å²) in [6.45, 7) is 0.153. The second-order valence-electron chi connectivity index (χ2n) is 4.33. The number of hydrogen-bond donors (Lipinski definition) is 2. The minimum absolute atomic E-state index is 0.0224. The Balaban J connectivity index is 2.16. The maximum absolute atomic E-state index is 12.1. The lowest BCUT2D eigenvalue weighted by atomic mass is 10.2. The van der Waals surface area contributed by atoms with Crippen LogP contribution in [0.25, 0.3) is 0 Å². The van der Waals surface area contributed by atoms with Crippen LogP contribution in [0.1, 0.15) is 5.56 Å². The highest BCUT2D eigenvalue weighted by Crippen LogP contribution is 2.13. The predicted molar refractivity (Wildman–Crippen MR) is 78.3 cm³/mol. The fourth-order valence-electron chi connectivity index (χ4n) is 1.67. The molecule has 8 heteroatoms. The summed E-state index contributed by atoms with van der Waals surface area (Å²) < 4.78 is 48.8. The van der Waals surface area contributed by atoms with Crippen molar-refractivity contribution < 1.29 is 16.8 Å². The number of benzene rings is 2. The second-order valence-corrected chi connectivity index (χ2v) is 7.65. The molecule has 0 saturated heterocycles. The summed E-state index contributed by atoms with van der Waals surface area (Å²) in [5.41, 5.74) is 0.822. The average molecular weight is 326 g/mol. The van der Waals surface area contributed by atoms with E-state index in [-0.39, 0.29) is 16.3 Å². The Labute approximate surface area is 123 Å². The lowest BCUT2D eigenvalue weighted by Crippen LogP contribution is -2.23. The Morgan fingerprint density at radius 2 is 1.33 bits per heavy atom. The highest BCUT2D eigenvalue weighted by atomic mass is 32.2. The summed E-state index contributed by atoms with van der Waals surface area (Å²) in [5, 5.41) is 4.96. The van der Waals surface area contributed by atoms with Crippen LogP contribution in [0.5, 0.6) is 0 Å². The van der Waals surface area contributed by atoms with E-state index in [2.05, 4.69) is 4.72 Å². The van der Waals surface area contributed by atoms with E-state index >= 15 is 0 Å². The zero-order valence-corrected chi connectivity index (χ0v) is 12.6. The van der Waals surface area contributed by atoms with E-state index in [9.17, 15) is 16.8 Å². The van der Waals surface area contributed by atoms with Crippen LogP contribution in [-0.2, 0) is 26.6 Å². The zero-order chi connectivity index (χ0) is 15.5. The number of sulfonamides is 2. The molecule has 0 unspecified atom stereocenters. The van der Waals surface area contributed by atoms with Crippen LogP contribution in [0.3, 0.4) is 0 Å². The average Bonchev–Trinajstić information content (AvgIpc) is 2.46. The Kier molecular flexibility index (Phi) is 4.43. The van der Waals surface area contributed by atoms with Crippen molar-refractivity contribution in [2.45, 2.75) is 16.3 Å². The molecule has 0 saturated carbocycles. The Hall–Kier alpha value is -1.74. The van der Waals surface area contributed by atoms with Crippen molar-refractivity contribution in [2.75, 3.05) is 0 Å². The Bertz CT molecular complexity index is 814. The summed E-state index contributed by atoms with van der Waals surface area (Å²) in [6.07, 6.45) is 0. The van der Waals surface area contributed by atoms with Gasteiger partial charge < -0.3 is 0 Å². The van der Waals surface area contributed by atoms with Crippen LogP contribution in [-0.4, -0.2) is 16.8 Å². The molecule has 0 spiro atoms. The number of nitrogens with one attached hydrogen (secondary N) is 1. The molecule has 0 aromatic heterocycles. The van der Waals surface area contributed by atoms with Gasteiger partial charge in [-0.15, -0.1) is 0 Å². The third-order valence-electron chi connectivity index (χ3n) is 2.77. The van der Waals surface area contributed by atoms with Gasteiger partial charge in [0.2, 0.25) is 20.0 Å². The van der Waals surface area contributed by atoms with Crippen molar-refractivity contribution in [2.24, 2.45) is 5.14 Å². The van der Waals surface area contributed by atoms with E-state index in [0.29, 0.717) is 0 Å². The molecule has 3 N–H and O–H groups in total. The monoisotopic (exact) mass is 326 g/mol. The maximum Gasteiger partial charge on any atom is 0.240 e. The molecule has 0 aliphatic carbocycles. The van der Waals surface area contributed by atoms with Gasteiger partial charge in [-0.3, -0.25) is 0 Å². The molecule has 0 aliphatic rings. The summed E-state index contributed by atoms with van der Waals surface area (Å²) >= 11 is 0. The Morgan fingerprint density at radius 3 is 1.86 bits per heavy atom. The molecule has 0 heterocycles. The van der Waals surface area contributed by atoms with E-state index in [1.165, 1.54) is 12.1 Å². The molecule has 6 nitrogen and oxygen atoms in total. The van der Waals surface area contributed by atoms with Crippen LogP contribution in [0.4, 0.5) is 0 Å². The van der Waals surface area contributed by atoms with Gasteiger partial charge in [-0.1, -0.05) is 30.3 Å². The van der Waals surface area contributed by atoms with Crippen LogP contribution < -0.4 is 9.86 Å². The molecule has 0 fully saturated rings. The van der Waals surface area contributed by atoms with Gasteiger partial charge in [0, 0.05) is 6.54 Å². The van der Waals surface area contributed by atoms with Crippen molar-refractivity contribution in [3.8, 4) is 0 Å². The van der Waals surface area contributed by atoms with E-state index < -0.39 is 20.0 Å². The highest BCUT2D eigenvalue weighted by Gasteiger charge is 2.15. The Morgan fingerprint density at radius 1 is 0.810 bits per heavy atom. The standard InChI is InChI=1S/C13H14N2O4S2/c14-20(16,17)12-6-8-13(9-7-12)21(18,19)15-10-11-4-2-1-3-5-11/h1-9,15H,10H2,(H2,14,16,17). The van der Waals surface area contributed by atoms with Gasteiger partial charge in [-0.2, -0.15) is 0 Å². The van der Waals surface area contributed by atoms with Gasteiger partial charge in [0.05, 0.1) is 9.79 Å². The van der Waals surface area contributed by atoms with Gasteiger partial charge in [0.25, 0.3) is 0 Å². The molecule has 0 aliphatic heterocycles. The summed E-state index contributed by atoms with van der Waals surface area (Å²) in [5.74, 6) is 0. The topological polar surface area (TPSA) is 106 Å². The first kappa shape index (κ1) is 15.6. The molecule has 0 bridgehead atoms. The quantitative estimate of drug-likeness (QED) is 0.848. The molecule has 2 aromatic rings. The van der Waals surface area contributed by atoms with Crippen molar-refractivity contribution in [3.63, 3.8) is 0 Å². The largest absolute Gasteiger partial charge is 0.240 e. The normalized spacial score (nSPS) is 12.2. The summed E-state index contributed by atoms with van der Waals surface area (Å²) in [6, 6.07) is 13.8. The summed E-state index contributed by atoms with van der Waals surface area (Å²) in [7, 11) is -7.54. The van der Waals surface area contributed by atoms with Crippen LogP contribution in [0.2, 0.25) is 0 Å². The predicted octanol–water partition coefficient (Wildman–Crippen LogP) is 0.812. The lowest BCUT2D eigenvalue weighted by molar-refractivity contribution is 0.580. The minimum Gasteiger partial charge on any atom is -0.225 e. The summed E-state index contributed by atoms with van der Waals surface area (Å²) in [4.78, 5) is -0.157. The third kappa shape index (κ3) is 4.11. The number of rotatable bonds is 5. The van der Waals surface area contributed by atoms with Crippen molar-refractivity contribution >= 4 is 20.0 Å². The van der Waals surface area contributed by atoms with E-state index in [1.54, 1.807) is 12.1 Å². The van der Waals surface area contributed by atoms with Crippen LogP contribution in [0.15, 0.2) is 64.4 Å². The van der Waals surface area contributed by atoms with E-state index in [4.69, 9.17) is 5.14 Å². The first-order chi connectivity index (χ1) is 9.79. The van der Waals surface area contributed by atoms with Crippen LogP contribution >= 0.6 is 0 Å². The zero-order valence-electron chi connectivity index (χ0n) is 10.9. The molecule has 0 atom stereocenters. The molecule has 0 radical (unpaired) electrons. The third-order valence-corrected chi connectivity index (χ3v) is 5.12. The van der Waals surface area contributed by atoms with Gasteiger partial charge in [-0.25, -0.2) is 26.7 Å². The first-order valence-electron chi connectivity index (χ1n) is 5.95. The highest BCUT2D eigenvalue weighted by molar-refractivity contribution is 7.89. The van der Waals surface area contributed by atoms with Gasteiger partial charge in [0.1, 0.15) is 0 Å². The van der Waals surface area contributed by atoms with Crippen LogP contribution in [0, 0.1) is 0 Å². The molecule has 2 aromatic carbocycles. The fourth-order valence-corrected chi connectivity index (χ4v) is 3.20. The van der Waals surface area contributed by atoms with Gasteiger partial charge in [-0.05, 0) is 29.8 Å². The smallest absolute Gasteiger partial charge is 0.225 e. The molecule has 0 amide bonds. The van der Waals surface area contributed by atoms with Crippen molar-refractivity contribution in [3.05, 3.63) is 60.2 Å². The molecular weight excluding hydrogens is 312 g/mol. The van der Waals surface area contributed by atoms with Gasteiger partial charge >= 0.3 is 0 Å². The SMILES string of the molecule is NS(=O)(=O)c1ccc(S(=O)(=O)NCc2ccccc2)cc1. The molecular formula is C13H14N2O4S2. The van der Waals surface area contributed by atoms with Crippen molar-refractivity contribution in [1.29, 1.82) is 0 Å². The van der Waals surface area contributed by atoms with E-state index in [0.717, 1.165) is 17.7 Å². The lowest BCUT2D eigenvalue weighted by Gasteiger charge is -2.07. The molecule has 2 rings (SSSR count). The van der Waals surface area contributed by atoms with Crippen molar-refractivity contribution in [1.82, 2.24) is 4.72 Å². The second kappa shape index (κ2) is 5.94. The fraction of sp³-hybridized carbons (Fsp3) is 0.0769. The number of nitrogens with two attached hydrogens (primary N) is 1. The van der Waals surface area contributed by atoms with Gasteiger partial charge in [0.15, 0.2) is 0 Å². The minimum atomic E-state index is -3.84.